The summed E-state index contributed by atoms with van der Waals surface area (Å²) in [7, 11) is 4.02. The van der Waals surface area contributed by atoms with Crippen LogP contribution < -0.4 is 10.2 Å². The summed E-state index contributed by atoms with van der Waals surface area (Å²) in [6, 6.07) is 6.10. The van der Waals surface area contributed by atoms with Crippen LogP contribution in [-0.4, -0.2) is 30.6 Å². The van der Waals surface area contributed by atoms with Crippen LogP contribution in [0.25, 0.3) is 11.3 Å². The first-order valence-corrected chi connectivity index (χ1v) is 9.50. The minimum Gasteiger partial charge on any atom is -0.378 e. The molecule has 0 bridgehead atoms. The van der Waals surface area contributed by atoms with Crippen molar-refractivity contribution >= 4 is 23.1 Å². The number of nitrogens with one attached hydrogen (secondary N) is 1. The van der Waals surface area contributed by atoms with Crippen molar-refractivity contribution in [2.45, 2.75) is 46.5 Å². The number of aryl methyl sites for hydroxylation is 2. The van der Waals surface area contributed by atoms with E-state index < -0.39 is 0 Å². The van der Waals surface area contributed by atoms with Crippen LogP contribution in [0, 0.1) is 0 Å². The molecule has 2 aromatic rings. The van der Waals surface area contributed by atoms with Gasteiger partial charge in [-0.2, -0.15) is 0 Å². The molecule has 0 radical (unpaired) electrons. The average molecular weight is 361 g/mol. The van der Waals surface area contributed by atoms with Gasteiger partial charge >= 0.3 is 0 Å². The summed E-state index contributed by atoms with van der Waals surface area (Å²) in [6.07, 6.45) is 3.95. The fourth-order valence-corrected chi connectivity index (χ4v) is 2.98. The van der Waals surface area contributed by atoms with Gasteiger partial charge in [0.1, 0.15) is 5.82 Å². The molecule has 1 heterocycles. The van der Waals surface area contributed by atoms with Crippen LogP contribution in [0.1, 0.15) is 45.0 Å². The monoisotopic (exact) mass is 360 g/mol. The van der Waals surface area contributed by atoms with Crippen molar-refractivity contribution in [3.8, 4) is 11.3 Å². The number of benzene rings is 1. The zero-order valence-electron chi connectivity index (χ0n) is 16.0. The Balaban J connectivity index is 2.47. The Kier molecular flexibility index (Phi) is 7.06. The molecule has 1 N–H and O–H groups in total. The number of hydrogen-bond acceptors (Lipinski definition) is 4. The Bertz CT molecular complexity index is 713. The van der Waals surface area contributed by atoms with Crippen molar-refractivity contribution in [2.24, 2.45) is 0 Å². The summed E-state index contributed by atoms with van der Waals surface area (Å²) in [4.78, 5) is 11.8. The van der Waals surface area contributed by atoms with Gasteiger partial charge in [-0.25, -0.2) is 9.97 Å². The summed E-state index contributed by atoms with van der Waals surface area (Å²) in [6.45, 7) is 7.34. The van der Waals surface area contributed by atoms with Crippen molar-refractivity contribution in [1.82, 2.24) is 9.97 Å². The van der Waals surface area contributed by atoms with Crippen molar-refractivity contribution in [1.29, 1.82) is 0 Å². The highest BCUT2D eigenvalue weighted by molar-refractivity contribution is 6.33. The lowest BCUT2D eigenvalue weighted by Crippen LogP contribution is -2.11. The summed E-state index contributed by atoms with van der Waals surface area (Å²) >= 11 is 6.56. The number of halogens is 1. The fourth-order valence-electron chi connectivity index (χ4n) is 2.71. The molecule has 1 aromatic carbocycles. The molecular formula is C20H29ClN4. The second-order valence-electron chi connectivity index (χ2n) is 6.36. The normalized spacial score (nSPS) is 10.8. The van der Waals surface area contributed by atoms with Crippen LogP contribution >= 0.6 is 11.6 Å². The predicted octanol–water partition coefficient (Wildman–Crippen LogP) is 5.20. The number of unbranched alkanes of at least 4 members (excludes halogenated alkanes) is 1. The lowest BCUT2D eigenvalue weighted by Gasteiger charge is -2.17. The summed E-state index contributed by atoms with van der Waals surface area (Å²) in [5, 5.41) is 4.16. The molecule has 0 spiro atoms. The van der Waals surface area contributed by atoms with Gasteiger partial charge in [0, 0.05) is 31.9 Å². The highest BCUT2D eigenvalue weighted by atomic mass is 35.5. The first-order valence-electron chi connectivity index (χ1n) is 9.12. The van der Waals surface area contributed by atoms with E-state index in [0.29, 0.717) is 5.02 Å². The maximum atomic E-state index is 6.56. The van der Waals surface area contributed by atoms with Crippen molar-refractivity contribution < 1.29 is 0 Å². The average Bonchev–Trinajstić information content (AvgIpc) is 2.61. The first kappa shape index (κ1) is 19.5. The molecule has 0 saturated heterocycles. The molecule has 5 heteroatoms. The molecule has 0 aliphatic rings. The van der Waals surface area contributed by atoms with Gasteiger partial charge in [0.2, 0.25) is 0 Å². The van der Waals surface area contributed by atoms with E-state index in [1.165, 1.54) is 0 Å². The van der Waals surface area contributed by atoms with Crippen LogP contribution in [-0.2, 0) is 12.8 Å². The predicted molar refractivity (Wildman–Crippen MR) is 109 cm³/mol. The summed E-state index contributed by atoms with van der Waals surface area (Å²) in [5.41, 5.74) is 4.90. The SMILES string of the molecule is CCCCNc1nc(CC)c(-c2ccc(N(C)C)cc2Cl)nc1CC. The van der Waals surface area contributed by atoms with E-state index in [1.54, 1.807) is 0 Å². The summed E-state index contributed by atoms with van der Waals surface area (Å²) in [5.74, 6) is 0.914. The van der Waals surface area contributed by atoms with Gasteiger partial charge in [0.05, 0.1) is 22.1 Å². The second-order valence-corrected chi connectivity index (χ2v) is 6.77. The highest BCUT2D eigenvalue weighted by Gasteiger charge is 2.16. The Morgan fingerprint density at radius 1 is 1.04 bits per heavy atom. The largest absolute Gasteiger partial charge is 0.378 e. The Morgan fingerprint density at radius 3 is 2.32 bits per heavy atom. The summed E-state index contributed by atoms with van der Waals surface area (Å²) < 4.78 is 0. The molecule has 0 atom stereocenters. The molecule has 0 amide bonds. The zero-order chi connectivity index (χ0) is 18.4. The van der Waals surface area contributed by atoms with Gasteiger partial charge < -0.3 is 10.2 Å². The standard InChI is InChI=1S/C20H29ClN4/c1-6-9-12-22-20-18(8-3)23-19(17(7-2)24-20)15-11-10-14(25(4)5)13-16(15)21/h10-11,13H,6-9,12H2,1-5H3,(H,22,24). The molecular weight excluding hydrogens is 332 g/mol. The van der Waals surface area contributed by atoms with E-state index >= 15 is 0 Å². The molecule has 0 fully saturated rings. The van der Waals surface area contributed by atoms with Gasteiger partial charge in [-0.3, -0.25) is 0 Å². The van der Waals surface area contributed by atoms with Crippen molar-refractivity contribution in [3.05, 3.63) is 34.6 Å². The fraction of sp³-hybridized carbons (Fsp3) is 0.500. The lowest BCUT2D eigenvalue weighted by atomic mass is 10.1. The minimum absolute atomic E-state index is 0.712. The number of hydrogen-bond donors (Lipinski definition) is 1. The second kappa shape index (κ2) is 9.04. The molecule has 136 valence electrons. The Labute approximate surface area is 156 Å². The number of rotatable bonds is 8. The maximum absolute atomic E-state index is 6.56. The quantitative estimate of drug-likeness (QED) is 0.657. The van der Waals surface area contributed by atoms with E-state index in [2.05, 4.69) is 32.2 Å². The van der Waals surface area contributed by atoms with E-state index in [4.69, 9.17) is 21.6 Å². The molecule has 0 unspecified atom stereocenters. The van der Waals surface area contributed by atoms with Crippen LogP contribution in [0.3, 0.4) is 0 Å². The van der Waals surface area contributed by atoms with E-state index in [-0.39, 0.29) is 0 Å². The minimum atomic E-state index is 0.712. The molecule has 2 rings (SSSR count). The third-order valence-corrected chi connectivity index (χ3v) is 4.57. The molecule has 0 aliphatic heterocycles. The van der Waals surface area contributed by atoms with Crippen LogP contribution in [0.15, 0.2) is 18.2 Å². The zero-order valence-corrected chi connectivity index (χ0v) is 16.7. The van der Waals surface area contributed by atoms with Crippen LogP contribution in [0.2, 0.25) is 5.02 Å². The number of anilines is 2. The number of aromatic nitrogens is 2. The third kappa shape index (κ3) is 4.63. The molecule has 4 nitrogen and oxygen atoms in total. The smallest absolute Gasteiger partial charge is 0.148 e. The van der Waals surface area contributed by atoms with Crippen LogP contribution in [0.5, 0.6) is 0 Å². The van der Waals surface area contributed by atoms with Crippen molar-refractivity contribution in [3.63, 3.8) is 0 Å². The molecule has 25 heavy (non-hydrogen) atoms. The van der Waals surface area contributed by atoms with Crippen LogP contribution in [0.4, 0.5) is 11.5 Å². The van der Waals surface area contributed by atoms with Gasteiger partial charge in [0.15, 0.2) is 0 Å². The van der Waals surface area contributed by atoms with E-state index in [1.807, 2.05) is 31.1 Å². The number of nitrogens with zero attached hydrogens (tertiary/aromatic N) is 3. The van der Waals surface area contributed by atoms with Gasteiger partial charge in [0.25, 0.3) is 0 Å². The van der Waals surface area contributed by atoms with E-state index in [9.17, 15) is 0 Å². The third-order valence-electron chi connectivity index (χ3n) is 4.26. The van der Waals surface area contributed by atoms with Gasteiger partial charge in [-0.15, -0.1) is 0 Å². The Hall–Kier alpha value is -1.81. The first-order chi connectivity index (χ1) is 12.0. The Morgan fingerprint density at radius 2 is 1.76 bits per heavy atom. The highest BCUT2D eigenvalue weighted by Crippen LogP contribution is 2.33. The van der Waals surface area contributed by atoms with E-state index in [0.717, 1.165) is 66.4 Å². The topological polar surface area (TPSA) is 41.1 Å². The molecule has 0 saturated carbocycles. The van der Waals surface area contributed by atoms with Gasteiger partial charge in [-0.05, 0) is 37.5 Å². The maximum Gasteiger partial charge on any atom is 0.148 e. The van der Waals surface area contributed by atoms with Gasteiger partial charge in [-0.1, -0.05) is 38.8 Å². The molecule has 1 aromatic heterocycles. The van der Waals surface area contributed by atoms with Crippen molar-refractivity contribution in [2.75, 3.05) is 30.9 Å². The lowest BCUT2D eigenvalue weighted by molar-refractivity contribution is 0.823. The molecule has 0 aliphatic carbocycles.